The molecule has 0 N–H and O–H groups in total. The summed E-state index contributed by atoms with van der Waals surface area (Å²) in [5.41, 5.74) is -1.82. The van der Waals surface area contributed by atoms with Gasteiger partial charge in [-0.3, -0.25) is 0 Å². The molecule has 1 aromatic rings. The lowest BCUT2D eigenvalue weighted by Crippen LogP contribution is -1.95. The molecule has 0 spiro atoms. The third-order valence-electron chi connectivity index (χ3n) is 1.73. The third-order valence-corrected chi connectivity index (χ3v) is 1.73. The number of hydrogen-bond acceptors (Lipinski definition) is 0. The second kappa shape index (κ2) is 4.87. The van der Waals surface area contributed by atoms with E-state index in [2.05, 4.69) is 0 Å². The Morgan fingerprint density at radius 1 is 1.06 bits per heavy atom. The molecule has 16 heavy (non-hydrogen) atoms. The van der Waals surface area contributed by atoms with Crippen molar-refractivity contribution in [1.82, 2.24) is 0 Å². The smallest absolute Gasteiger partial charge is 0.212 e. The molecule has 0 saturated carbocycles. The molecule has 1 rings (SSSR count). The van der Waals surface area contributed by atoms with Gasteiger partial charge in [-0.15, -0.1) is 0 Å². The lowest BCUT2D eigenvalue weighted by Gasteiger charge is -2.05. The van der Waals surface area contributed by atoms with Crippen LogP contribution in [0.5, 0.6) is 0 Å². The van der Waals surface area contributed by atoms with Crippen LogP contribution in [0.25, 0.3) is 11.9 Å². The minimum Gasteiger partial charge on any atom is -0.212 e. The first kappa shape index (κ1) is 12.4. The van der Waals surface area contributed by atoms with Crippen molar-refractivity contribution in [1.29, 1.82) is 0 Å². The van der Waals surface area contributed by atoms with Crippen LogP contribution in [0.2, 0.25) is 0 Å². The minimum absolute atomic E-state index is 0.112. The number of halogens is 6. The highest BCUT2D eigenvalue weighted by atomic mass is 19.3. The molecule has 0 amide bonds. The molecular weight excluding hydrogens is 234 g/mol. The predicted molar refractivity (Wildman–Crippen MR) is 46.7 cm³/mol. The van der Waals surface area contributed by atoms with Crippen LogP contribution in [-0.2, 0) is 0 Å². The van der Waals surface area contributed by atoms with Crippen LogP contribution < -0.4 is 0 Å². The van der Waals surface area contributed by atoms with Gasteiger partial charge < -0.3 is 0 Å². The third kappa shape index (κ3) is 2.44. The Morgan fingerprint density at radius 3 is 2.19 bits per heavy atom. The Bertz CT molecular complexity index is 457. The van der Waals surface area contributed by atoms with Crippen LogP contribution in [0.4, 0.5) is 26.3 Å². The van der Waals surface area contributed by atoms with Crippen LogP contribution >= 0.6 is 0 Å². The summed E-state index contributed by atoms with van der Waals surface area (Å²) in [6.45, 7) is 0. The summed E-state index contributed by atoms with van der Waals surface area (Å²) in [6.07, 6.45) is -2.76. The van der Waals surface area contributed by atoms with Crippen molar-refractivity contribution in [2.24, 2.45) is 0 Å². The van der Waals surface area contributed by atoms with Gasteiger partial charge >= 0.3 is 0 Å². The zero-order valence-electron chi connectivity index (χ0n) is 7.58. The predicted octanol–water partition coefficient (Wildman–Crippen LogP) is 4.44. The van der Waals surface area contributed by atoms with Gasteiger partial charge in [-0.2, -0.15) is 8.78 Å². The van der Waals surface area contributed by atoms with Crippen molar-refractivity contribution < 1.29 is 26.3 Å². The SMILES string of the molecule is FC=C(F)c1c(C=C(F)F)ccc(F)c1F. The first-order valence-electron chi connectivity index (χ1n) is 3.94. The molecule has 0 heterocycles. The lowest BCUT2D eigenvalue weighted by molar-refractivity contribution is 0.429. The van der Waals surface area contributed by atoms with Crippen molar-refractivity contribution in [2.75, 3.05) is 0 Å². The number of rotatable bonds is 2. The maximum absolute atomic E-state index is 13.1. The highest BCUT2D eigenvalue weighted by Crippen LogP contribution is 2.28. The maximum Gasteiger partial charge on any atom is 0.270 e. The molecule has 86 valence electrons. The van der Waals surface area contributed by atoms with Gasteiger partial charge in [-0.1, -0.05) is 6.07 Å². The molecule has 0 atom stereocenters. The molecule has 1 aromatic carbocycles. The molecule has 0 radical (unpaired) electrons. The van der Waals surface area contributed by atoms with E-state index < -0.39 is 41.0 Å². The lowest BCUT2D eigenvalue weighted by atomic mass is 10.1. The summed E-state index contributed by atoms with van der Waals surface area (Å²) in [7, 11) is 0. The van der Waals surface area contributed by atoms with Crippen LogP contribution in [-0.4, -0.2) is 0 Å². The Morgan fingerprint density at radius 2 is 1.69 bits per heavy atom. The van der Waals surface area contributed by atoms with Gasteiger partial charge in [0.1, 0.15) is 6.33 Å². The van der Waals surface area contributed by atoms with E-state index in [1.54, 1.807) is 0 Å². The molecule has 0 fully saturated rings. The zero-order valence-corrected chi connectivity index (χ0v) is 7.58. The molecule has 0 aliphatic rings. The molecule has 0 nitrogen and oxygen atoms in total. The van der Waals surface area contributed by atoms with Crippen molar-refractivity contribution in [3.05, 3.63) is 47.3 Å². The second-order valence-corrected chi connectivity index (χ2v) is 2.72. The standard InChI is InChI=1S/C10H4F6/c11-4-7(13)9-5(3-8(14)15)1-2-6(12)10(9)16/h1-4H. The minimum atomic E-state index is -2.24. The van der Waals surface area contributed by atoms with Gasteiger partial charge in [0.2, 0.25) is 0 Å². The van der Waals surface area contributed by atoms with E-state index in [4.69, 9.17) is 0 Å². The quantitative estimate of drug-likeness (QED) is 0.668. The van der Waals surface area contributed by atoms with Gasteiger partial charge in [0, 0.05) is 6.08 Å². The van der Waals surface area contributed by atoms with E-state index in [1.165, 1.54) is 0 Å². The monoisotopic (exact) mass is 238 g/mol. The van der Waals surface area contributed by atoms with Crippen molar-refractivity contribution >= 4 is 11.9 Å². The Balaban J connectivity index is 3.51. The van der Waals surface area contributed by atoms with E-state index in [0.29, 0.717) is 6.07 Å². The summed E-state index contributed by atoms with van der Waals surface area (Å²) in [6, 6.07) is 1.26. The van der Waals surface area contributed by atoms with Gasteiger partial charge in [-0.05, 0) is 11.6 Å². The maximum atomic E-state index is 13.1. The fourth-order valence-corrected chi connectivity index (χ4v) is 1.10. The van der Waals surface area contributed by atoms with E-state index in [9.17, 15) is 26.3 Å². The number of benzene rings is 1. The largest absolute Gasteiger partial charge is 0.270 e. The summed E-state index contributed by atoms with van der Waals surface area (Å²) in [5.74, 6) is -4.94. The fraction of sp³-hybridized carbons (Fsp3) is 0. The van der Waals surface area contributed by atoms with Crippen LogP contribution in [0.15, 0.2) is 24.5 Å². The molecular formula is C10H4F6. The first-order chi connectivity index (χ1) is 7.47. The highest BCUT2D eigenvalue weighted by Gasteiger charge is 2.17. The van der Waals surface area contributed by atoms with Crippen LogP contribution in [0.1, 0.15) is 11.1 Å². The van der Waals surface area contributed by atoms with Gasteiger partial charge in [-0.25, -0.2) is 17.6 Å². The average Bonchev–Trinajstić information content (AvgIpc) is 2.22. The summed E-state index contributed by atoms with van der Waals surface area (Å²) >= 11 is 0. The Kier molecular flexibility index (Phi) is 3.76. The van der Waals surface area contributed by atoms with Crippen LogP contribution in [0.3, 0.4) is 0 Å². The Hall–Kier alpha value is -1.72. The molecule has 0 unspecified atom stereocenters. The van der Waals surface area contributed by atoms with Crippen molar-refractivity contribution in [3.8, 4) is 0 Å². The summed E-state index contributed by atoms with van der Waals surface area (Å²) in [4.78, 5) is 0. The van der Waals surface area contributed by atoms with Gasteiger partial charge in [0.05, 0.1) is 5.56 Å². The van der Waals surface area contributed by atoms with E-state index >= 15 is 0 Å². The molecule has 6 heteroatoms. The summed E-state index contributed by atoms with van der Waals surface area (Å²) in [5, 5.41) is 0. The number of hydrogen-bond donors (Lipinski definition) is 0. The normalized spacial score (nSPS) is 11.5. The second-order valence-electron chi connectivity index (χ2n) is 2.72. The van der Waals surface area contributed by atoms with Gasteiger partial charge in [0.25, 0.3) is 6.08 Å². The average molecular weight is 238 g/mol. The van der Waals surface area contributed by atoms with E-state index in [0.717, 1.165) is 6.07 Å². The van der Waals surface area contributed by atoms with Crippen molar-refractivity contribution in [3.63, 3.8) is 0 Å². The topological polar surface area (TPSA) is 0 Å². The zero-order chi connectivity index (χ0) is 12.3. The summed E-state index contributed by atoms with van der Waals surface area (Å²) < 4.78 is 74.3. The first-order valence-corrected chi connectivity index (χ1v) is 3.94. The van der Waals surface area contributed by atoms with E-state index in [1.807, 2.05) is 0 Å². The molecule has 0 saturated heterocycles. The Labute approximate surface area is 86.5 Å². The highest BCUT2D eigenvalue weighted by molar-refractivity contribution is 5.70. The van der Waals surface area contributed by atoms with Gasteiger partial charge in [0.15, 0.2) is 17.5 Å². The molecule has 0 aliphatic carbocycles. The fourth-order valence-electron chi connectivity index (χ4n) is 1.10. The van der Waals surface area contributed by atoms with E-state index in [-0.39, 0.29) is 6.08 Å². The molecule has 0 aromatic heterocycles. The van der Waals surface area contributed by atoms with Crippen LogP contribution in [0, 0.1) is 11.6 Å². The molecule has 0 aliphatic heterocycles. The molecule has 0 bridgehead atoms. The van der Waals surface area contributed by atoms with Crippen molar-refractivity contribution in [2.45, 2.75) is 0 Å².